The summed E-state index contributed by atoms with van der Waals surface area (Å²) < 4.78 is 30.4. The van der Waals surface area contributed by atoms with Crippen molar-refractivity contribution in [1.29, 1.82) is 0 Å². The minimum atomic E-state index is -3.29. The van der Waals surface area contributed by atoms with E-state index < -0.39 is 10.0 Å². The highest BCUT2D eigenvalue weighted by Gasteiger charge is 2.25. The Bertz CT molecular complexity index is 837. The van der Waals surface area contributed by atoms with Crippen LogP contribution in [0.1, 0.15) is 12.8 Å². The maximum Gasteiger partial charge on any atom is 0.321 e. The number of aromatic nitrogens is 2. The molecule has 3 rings (SSSR count). The molecule has 10 heteroatoms. The van der Waals surface area contributed by atoms with Crippen LogP contribution < -0.4 is 10.0 Å². The number of hydrogen-bond donors (Lipinski definition) is 2. The molecular weight excluding hydrogens is 346 g/mol. The zero-order valence-electron chi connectivity index (χ0n) is 13.7. The Kier molecular flexibility index (Phi) is 5.00. The standard InChI is InChI=1S/C15H19N5O4S/c1-25(22,23)19-13-6-3-7-20(9-13)15(21)17-12-5-2-4-11(8-12)14-18-16-10-24-14/h2,4-5,8,10,13,19H,3,6-7,9H2,1H3,(H,17,21). The highest BCUT2D eigenvalue weighted by Crippen LogP contribution is 2.21. The topological polar surface area (TPSA) is 117 Å². The fourth-order valence-corrected chi connectivity index (χ4v) is 3.59. The van der Waals surface area contributed by atoms with Gasteiger partial charge in [0.1, 0.15) is 0 Å². The third-order valence-electron chi connectivity index (χ3n) is 3.81. The second-order valence-corrected chi connectivity index (χ2v) is 7.71. The minimum Gasteiger partial charge on any atom is -0.423 e. The van der Waals surface area contributed by atoms with Crippen LogP contribution in [-0.4, -0.2) is 54.9 Å². The number of nitrogens with zero attached hydrogens (tertiary/aromatic N) is 3. The maximum atomic E-state index is 12.5. The van der Waals surface area contributed by atoms with Crippen LogP contribution in [0, 0.1) is 0 Å². The Morgan fingerprint density at radius 2 is 2.24 bits per heavy atom. The molecule has 1 unspecified atom stereocenters. The lowest BCUT2D eigenvalue weighted by molar-refractivity contribution is 0.190. The van der Waals surface area contributed by atoms with Gasteiger partial charge in [0.2, 0.25) is 22.3 Å². The molecule has 134 valence electrons. The van der Waals surface area contributed by atoms with Gasteiger partial charge in [-0.2, -0.15) is 0 Å². The van der Waals surface area contributed by atoms with Crippen molar-refractivity contribution in [2.45, 2.75) is 18.9 Å². The van der Waals surface area contributed by atoms with Gasteiger partial charge in [-0.1, -0.05) is 6.07 Å². The second-order valence-electron chi connectivity index (χ2n) is 5.93. The van der Waals surface area contributed by atoms with Crippen LogP contribution in [0.25, 0.3) is 11.5 Å². The molecule has 2 aromatic rings. The fourth-order valence-electron chi connectivity index (χ4n) is 2.79. The largest absolute Gasteiger partial charge is 0.423 e. The monoisotopic (exact) mass is 365 g/mol. The zero-order valence-corrected chi connectivity index (χ0v) is 14.5. The summed E-state index contributed by atoms with van der Waals surface area (Å²) in [5, 5.41) is 10.3. The third-order valence-corrected chi connectivity index (χ3v) is 4.57. The number of carbonyl (C=O) groups is 1. The van der Waals surface area contributed by atoms with E-state index in [1.807, 2.05) is 0 Å². The molecule has 1 aliphatic rings. The van der Waals surface area contributed by atoms with E-state index in [0.29, 0.717) is 36.7 Å². The van der Waals surface area contributed by atoms with Gasteiger partial charge < -0.3 is 14.6 Å². The van der Waals surface area contributed by atoms with E-state index >= 15 is 0 Å². The molecule has 0 bridgehead atoms. The van der Waals surface area contributed by atoms with Crippen molar-refractivity contribution < 1.29 is 17.6 Å². The smallest absolute Gasteiger partial charge is 0.321 e. The Hall–Kier alpha value is -2.46. The number of piperidine rings is 1. The van der Waals surface area contributed by atoms with Crippen LogP contribution in [-0.2, 0) is 10.0 Å². The molecule has 2 N–H and O–H groups in total. The first-order valence-corrected chi connectivity index (χ1v) is 9.70. The maximum absolute atomic E-state index is 12.5. The average molecular weight is 365 g/mol. The van der Waals surface area contributed by atoms with Crippen molar-refractivity contribution in [3.63, 3.8) is 0 Å². The summed E-state index contributed by atoms with van der Waals surface area (Å²) in [5.41, 5.74) is 1.30. The molecule has 1 atom stereocenters. The number of likely N-dealkylation sites (tertiary alicyclic amines) is 1. The van der Waals surface area contributed by atoms with E-state index in [0.717, 1.165) is 12.7 Å². The summed E-state index contributed by atoms with van der Waals surface area (Å²) in [6.45, 7) is 0.916. The molecule has 1 aromatic carbocycles. The molecule has 0 spiro atoms. The number of rotatable bonds is 4. The van der Waals surface area contributed by atoms with Crippen molar-refractivity contribution in [3.8, 4) is 11.5 Å². The molecule has 1 fully saturated rings. The molecule has 0 radical (unpaired) electrons. The number of urea groups is 1. The Morgan fingerprint density at radius 1 is 1.40 bits per heavy atom. The first-order chi connectivity index (χ1) is 11.9. The fraction of sp³-hybridized carbons (Fsp3) is 0.400. The van der Waals surface area contributed by atoms with E-state index in [9.17, 15) is 13.2 Å². The van der Waals surface area contributed by atoms with Gasteiger partial charge in [0.05, 0.1) is 6.26 Å². The van der Waals surface area contributed by atoms with Crippen LogP contribution in [0.15, 0.2) is 35.1 Å². The SMILES string of the molecule is CS(=O)(=O)NC1CCCN(C(=O)Nc2cccc(-c3nnco3)c2)C1. The molecule has 2 heterocycles. The minimum absolute atomic E-state index is 0.265. The highest BCUT2D eigenvalue weighted by molar-refractivity contribution is 7.88. The van der Waals surface area contributed by atoms with Crippen molar-refractivity contribution >= 4 is 21.7 Å². The Morgan fingerprint density at radius 3 is 2.96 bits per heavy atom. The van der Waals surface area contributed by atoms with E-state index in [-0.39, 0.29) is 12.1 Å². The van der Waals surface area contributed by atoms with Crippen molar-refractivity contribution in [3.05, 3.63) is 30.7 Å². The summed E-state index contributed by atoms with van der Waals surface area (Å²) in [6.07, 6.45) is 3.81. The number of amides is 2. The Balaban J connectivity index is 1.65. The molecule has 1 saturated heterocycles. The van der Waals surface area contributed by atoms with Crippen LogP contribution in [0.3, 0.4) is 0 Å². The molecular formula is C15H19N5O4S. The number of hydrogen-bond acceptors (Lipinski definition) is 6. The number of anilines is 1. The van der Waals surface area contributed by atoms with Gasteiger partial charge in [0, 0.05) is 30.4 Å². The lowest BCUT2D eigenvalue weighted by Gasteiger charge is -2.32. The van der Waals surface area contributed by atoms with Gasteiger partial charge in [-0.3, -0.25) is 0 Å². The van der Waals surface area contributed by atoms with Crippen LogP contribution in [0.5, 0.6) is 0 Å². The van der Waals surface area contributed by atoms with Crippen LogP contribution in [0.4, 0.5) is 10.5 Å². The number of nitrogens with one attached hydrogen (secondary N) is 2. The number of benzene rings is 1. The quantitative estimate of drug-likeness (QED) is 0.843. The zero-order chi connectivity index (χ0) is 17.9. The summed E-state index contributed by atoms with van der Waals surface area (Å²) >= 11 is 0. The first-order valence-electron chi connectivity index (χ1n) is 7.80. The van der Waals surface area contributed by atoms with Gasteiger partial charge in [0.25, 0.3) is 0 Å². The van der Waals surface area contributed by atoms with Gasteiger partial charge in [-0.05, 0) is 31.0 Å². The summed E-state index contributed by atoms with van der Waals surface area (Å²) in [7, 11) is -3.29. The number of sulfonamides is 1. The highest BCUT2D eigenvalue weighted by atomic mass is 32.2. The van der Waals surface area contributed by atoms with Crippen molar-refractivity contribution in [2.24, 2.45) is 0 Å². The summed E-state index contributed by atoms with van der Waals surface area (Å²) in [6, 6.07) is 6.53. The van der Waals surface area contributed by atoms with E-state index in [1.54, 1.807) is 29.2 Å². The van der Waals surface area contributed by atoms with Crippen molar-refractivity contribution in [1.82, 2.24) is 19.8 Å². The van der Waals surface area contributed by atoms with Gasteiger partial charge in [0.15, 0.2) is 0 Å². The van der Waals surface area contributed by atoms with Gasteiger partial charge in [-0.25, -0.2) is 17.9 Å². The van der Waals surface area contributed by atoms with Gasteiger partial charge >= 0.3 is 6.03 Å². The molecule has 0 aliphatic carbocycles. The van der Waals surface area contributed by atoms with E-state index in [2.05, 4.69) is 20.2 Å². The molecule has 9 nitrogen and oxygen atoms in total. The second kappa shape index (κ2) is 7.19. The molecule has 1 aliphatic heterocycles. The van der Waals surface area contributed by atoms with E-state index in [4.69, 9.17) is 4.42 Å². The predicted molar refractivity (Wildman–Crippen MR) is 91.3 cm³/mol. The Labute approximate surface area is 145 Å². The van der Waals surface area contributed by atoms with Crippen molar-refractivity contribution in [2.75, 3.05) is 24.7 Å². The van der Waals surface area contributed by atoms with E-state index in [1.165, 1.54) is 6.39 Å². The van der Waals surface area contributed by atoms with Crippen LogP contribution >= 0.6 is 0 Å². The molecule has 2 amide bonds. The molecule has 0 saturated carbocycles. The van der Waals surface area contributed by atoms with Gasteiger partial charge in [-0.15, -0.1) is 10.2 Å². The number of carbonyl (C=O) groups excluding carboxylic acids is 1. The third kappa shape index (κ3) is 4.77. The predicted octanol–water partition coefficient (Wildman–Crippen LogP) is 1.28. The summed E-state index contributed by atoms with van der Waals surface area (Å²) in [4.78, 5) is 14.1. The lowest BCUT2D eigenvalue weighted by atomic mass is 10.1. The van der Waals surface area contributed by atoms with Crippen LogP contribution in [0.2, 0.25) is 0 Å². The lowest BCUT2D eigenvalue weighted by Crippen LogP contribution is -2.50. The summed E-state index contributed by atoms with van der Waals surface area (Å²) in [5.74, 6) is 0.367. The first kappa shape index (κ1) is 17.4. The average Bonchev–Trinajstić information content (AvgIpc) is 3.08. The molecule has 1 aromatic heterocycles. The molecule has 25 heavy (non-hydrogen) atoms. The normalized spacial score (nSPS) is 18.1.